The van der Waals surface area contributed by atoms with Crippen molar-refractivity contribution in [1.82, 2.24) is 20.5 Å². The number of rotatable bonds is 6. The van der Waals surface area contributed by atoms with Gasteiger partial charge in [0, 0.05) is 19.9 Å². The van der Waals surface area contributed by atoms with Gasteiger partial charge >= 0.3 is 0 Å². The molecule has 1 fully saturated rings. The van der Waals surface area contributed by atoms with Crippen LogP contribution >= 0.6 is 11.3 Å². The summed E-state index contributed by atoms with van der Waals surface area (Å²) in [7, 11) is 0. The average Bonchev–Trinajstić information content (AvgIpc) is 3.32. The number of amides is 4. The highest BCUT2D eigenvalue weighted by Crippen LogP contribution is 2.28. The number of aryl methyl sites for hydroxylation is 1. The summed E-state index contributed by atoms with van der Waals surface area (Å²) in [6.45, 7) is 8.65. The lowest BCUT2D eigenvalue weighted by molar-refractivity contribution is -0.153. The first kappa shape index (κ1) is 25.5. The number of nitrogens with one attached hydrogen (secondary N) is 2. The second-order valence-electron chi connectivity index (χ2n) is 9.49. The van der Waals surface area contributed by atoms with Crippen molar-refractivity contribution in [3.63, 3.8) is 0 Å². The van der Waals surface area contributed by atoms with Crippen molar-refractivity contribution in [2.45, 2.75) is 65.8 Å². The third-order valence-corrected chi connectivity index (χ3v) is 6.69. The number of imide groups is 1. The van der Waals surface area contributed by atoms with Gasteiger partial charge in [0.25, 0.3) is 11.8 Å². The van der Waals surface area contributed by atoms with Crippen LogP contribution in [0.25, 0.3) is 10.4 Å². The fourth-order valence-corrected chi connectivity index (χ4v) is 4.68. The Morgan fingerprint density at radius 3 is 2.41 bits per heavy atom. The van der Waals surface area contributed by atoms with Gasteiger partial charge in [-0.2, -0.15) is 0 Å². The Morgan fingerprint density at radius 2 is 1.88 bits per heavy atom. The molecule has 0 bridgehead atoms. The molecule has 2 heterocycles. The number of thiazole rings is 1. The van der Waals surface area contributed by atoms with Crippen LogP contribution in [0.2, 0.25) is 0 Å². The maximum absolute atomic E-state index is 13.2. The molecule has 2 aromatic rings. The average molecular weight is 487 g/mol. The van der Waals surface area contributed by atoms with Crippen molar-refractivity contribution < 1.29 is 24.3 Å². The Kier molecular flexibility index (Phi) is 7.52. The number of nitrogens with zero attached hydrogens (tertiary/aromatic N) is 2. The molecular weight excluding hydrogens is 456 g/mol. The van der Waals surface area contributed by atoms with E-state index in [1.807, 2.05) is 31.2 Å². The van der Waals surface area contributed by atoms with Crippen LogP contribution in [-0.2, 0) is 25.7 Å². The van der Waals surface area contributed by atoms with Gasteiger partial charge in [-0.1, -0.05) is 45.0 Å². The molecule has 0 aliphatic carbocycles. The van der Waals surface area contributed by atoms with Crippen molar-refractivity contribution in [3.8, 4) is 10.4 Å². The third kappa shape index (κ3) is 5.51. The minimum absolute atomic E-state index is 0.192. The summed E-state index contributed by atoms with van der Waals surface area (Å²) in [6, 6.07) is 5.48. The summed E-state index contributed by atoms with van der Waals surface area (Å²) >= 11 is 1.55. The Hall–Kier alpha value is -3.11. The molecule has 3 N–H and O–H groups in total. The van der Waals surface area contributed by atoms with Crippen LogP contribution in [0.1, 0.15) is 45.4 Å². The quantitative estimate of drug-likeness (QED) is 0.571. The van der Waals surface area contributed by atoms with Gasteiger partial charge in [0.1, 0.15) is 18.2 Å². The van der Waals surface area contributed by atoms with E-state index in [2.05, 4.69) is 15.6 Å². The molecule has 1 aliphatic heterocycles. The number of hydrogen-bond acceptors (Lipinski definition) is 7. The summed E-state index contributed by atoms with van der Waals surface area (Å²) in [5.74, 6) is -2.53. The molecule has 9 nitrogen and oxygen atoms in total. The second-order valence-corrected chi connectivity index (χ2v) is 10.3. The number of carbonyl (C=O) groups excluding carboxylic acids is 4. The number of benzene rings is 1. The van der Waals surface area contributed by atoms with Crippen molar-refractivity contribution in [1.29, 1.82) is 0 Å². The molecule has 3 rings (SSSR count). The number of aliphatic hydroxyl groups excluding tert-OH is 1. The minimum atomic E-state index is -1.46. The van der Waals surface area contributed by atoms with Gasteiger partial charge in [-0.25, -0.2) is 4.98 Å². The van der Waals surface area contributed by atoms with Gasteiger partial charge < -0.3 is 15.7 Å². The summed E-state index contributed by atoms with van der Waals surface area (Å²) < 4.78 is 0. The first-order chi connectivity index (χ1) is 15.9. The topological polar surface area (TPSA) is 129 Å². The van der Waals surface area contributed by atoms with E-state index in [0.717, 1.165) is 26.6 Å². The maximum atomic E-state index is 13.2. The Labute approximate surface area is 202 Å². The molecule has 4 amide bonds. The molecule has 182 valence electrons. The van der Waals surface area contributed by atoms with Gasteiger partial charge in [0.05, 0.1) is 16.1 Å². The van der Waals surface area contributed by atoms with Crippen molar-refractivity contribution >= 4 is 35.0 Å². The van der Waals surface area contributed by atoms with E-state index in [-0.39, 0.29) is 13.0 Å². The lowest BCUT2D eigenvalue weighted by Gasteiger charge is -2.34. The van der Waals surface area contributed by atoms with Crippen LogP contribution in [-0.4, -0.2) is 56.8 Å². The predicted molar refractivity (Wildman–Crippen MR) is 127 cm³/mol. The number of aliphatic hydroxyl groups is 1. The summed E-state index contributed by atoms with van der Waals surface area (Å²) in [6.07, 6.45) is -1.66. The maximum Gasteiger partial charge on any atom is 0.258 e. The smallest absolute Gasteiger partial charge is 0.258 e. The molecule has 0 unspecified atom stereocenters. The van der Waals surface area contributed by atoms with E-state index in [1.54, 1.807) is 37.6 Å². The highest BCUT2D eigenvalue weighted by Gasteiger charge is 2.49. The zero-order valence-electron chi connectivity index (χ0n) is 19.9. The van der Waals surface area contributed by atoms with Gasteiger partial charge in [-0.05, 0) is 23.5 Å². The Bertz CT molecular complexity index is 1090. The van der Waals surface area contributed by atoms with Crippen LogP contribution in [0.15, 0.2) is 29.8 Å². The number of likely N-dealkylation sites (tertiary alicyclic amines) is 1. The molecule has 34 heavy (non-hydrogen) atoms. The van der Waals surface area contributed by atoms with E-state index < -0.39 is 47.2 Å². The molecule has 1 aromatic heterocycles. The van der Waals surface area contributed by atoms with Gasteiger partial charge in [0.15, 0.2) is 0 Å². The summed E-state index contributed by atoms with van der Waals surface area (Å²) in [4.78, 5) is 56.6. The molecule has 3 atom stereocenters. The van der Waals surface area contributed by atoms with Crippen LogP contribution in [0.5, 0.6) is 0 Å². The van der Waals surface area contributed by atoms with E-state index in [4.69, 9.17) is 0 Å². The van der Waals surface area contributed by atoms with E-state index >= 15 is 0 Å². The van der Waals surface area contributed by atoms with Crippen LogP contribution in [0.4, 0.5) is 0 Å². The third-order valence-electron chi connectivity index (χ3n) is 5.71. The molecule has 1 aromatic carbocycles. The second kappa shape index (κ2) is 10.0. The zero-order valence-corrected chi connectivity index (χ0v) is 20.7. The van der Waals surface area contributed by atoms with Crippen LogP contribution < -0.4 is 10.6 Å². The fourth-order valence-electron chi connectivity index (χ4n) is 3.87. The zero-order chi connectivity index (χ0) is 25.2. The monoisotopic (exact) mass is 486 g/mol. The van der Waals surface area contributed by atoms with E-state index in [9.17, 15) is 24.3 Å². The largest absolute Gasteiger partial charge is 0.383 e. The first-order valence-corrected chi connectivity index (χ1v) is 11.9. The molecule has 1 saturated heterocycles. The van der Waals surface area contributed by atoms with E-state index in [0.29, 0.717) is 0 Å². The molecule has 0 radical (unpaired) electrons. The molecular formula is C24H30N4O5S. The van der Waals surface area contributed by atoms with Gasteiger partial charge in [-0.15, -0.1) is 11.3 Å². The van der Waals surface area contributed by atoms with Crippen molar-refractivity contribution in [3.05, 3.63) is 41.0 Å². The molecule has 0 saturated carbocycles. The predicted octanol–water partition coefficient (Wildman–Crippen LogP) is 1.77. The number of hydrogen-bond donors (Lipinski definition) is 3. The highest BCUT2D eigenvalue weighted by molar-refractivity contribution is 7.13. The molecule has 10 heteroatoms. The molecule has 1 aliphatic rings. The van der Waals surface area contributed by atoms with Gasteiger partial charge in [0.2, 0.25) is 11.8 Å². The van der Waals surface area contributed by atoms with Gasteiger partial charge in [-0.3, -0.25) is 24.1 Å². The standard InChI is InChI=1S/C24H30N4O5S/c1-13-19(34-12-26-13)16-8-6-15(7-9-16)11-25-21(31)17-10-18(30)22(32)28(17)23(33)20(24(3,4)5)27-14(2)29/h6-9,12,17-18,20,30H,10-11H2,1-5H3,(H,25,31)(H,27,29)/t17-,18+,20+/m0/s1. The van der Waals surface area contributed by atoms with Crippen molar-refractivity contribution in [2.24, 2.45) is 5.41 Å². The summed E-state index contributed by atoms with van der Waals surface area (Å²) in [5.41, 5.74) is 3.90. The fraction of sp³-hybridized carbons (Fsp3) is 0.458. The van der Waals surface area contributed by atoms with E-state index in [1.165, 1.54) is 6.92 Å². The molecule has 0 spiro atoms. The lowest BCUT2D eigenvalue weighted by atomic mass is 9.85. The SMILES string of the molecule is CC(=O)N[C@H](C(=O)N1C(=O)[C@H](O)C[C@H]1C(=O)NCc1ccc(-c2scnc2C)cc1)C(C)(C)C. The Morgan fingerprint density at radius 1 is 1.24 bits per heavy atom. The lowest BCUT2D eigenvalue weighted by Crippen LogP contribution is -2.58. The van der Waals surface area contributed by atoms with Crippen LogP contribution in [0.3, 0.4) is 0 Å². The normalized spacial score (nSPS) is 19.1. The minimum Gasteiger partial charge on any atom is -0.383 e. The number of carbonyl (C=O) groups is 4. The Balaban J connectivity index is 1.72. The summed E-state index contributed by atoms with van der Waals surface area (Å²) in [5, 5.41) is 15.4. The first-order valence-electron chi connectivity index (χ1n) is 11.0. The van der Waals surface area contributed by atoms with Crippen molar-refractivity contribution in [2.75, 3.05) is 0 Å². The van der Waals surface area contributed by atoms with Crippen LogP contribution in [0, 0.1) is 12.3 Å². The highest BCUT2D eigenvalue weighted by atomic mass is 32.1. The number of aromatic nitrogens is 1.